The van der Waals surface area contributed by atoms with E-state index in [2.05, 4.69) is 10.3 Å². The van der Waals surface area contributed by atoms with Crippen molar-refractivity contribution in [2.75, 3.05) is 26.4 Å². The van der Waals surface area contributed by atoms with Gasteiger partial charge >= 0.3 is 0 Å². The molecule has 5 nitrogen and oxygen atoms in total. The maximum absolute atomic E-state index is 11.7. The van der Waals surface area contributed by atoms with E-state index in [0.717, 1.165) is 6.42 Å². The Morgan fingerprint density at radius 3 is 3.00 bits per heavy atom. The van der Waals surface area contributed by atoms with Crippen molar-refractivity contribution in [2.45, 2.75) is 19.4 Å². The highest BCUT2D eigenvalue weighted by atomic mass is 16.5. The highest BCUT2D eigenvalue weighted by Gasteiger charge is 2.29. The molecule has 2 atom stereocenters. The number of ether oxygens (including phenoxy) is 2. The zero-order valence-corrected chi connectivity index (χ0v) is 11.2. The minimum absolute atomic E-state index is 0.0705. The number of nitrogens with one attached hydrogen (secondary N) is 1. The van der Waals surface area contributed by atoms with Gasteiger partial charge in [-0.3, -0.25) is 9.78 Å². The average Bonchev–Trinajstić information content (AvgIpc) is 2.85. The lowest BCUT2D eigenvalue weighted by Gasteiger charge is -2.19. The summed E-state index contributed by atoms with van der Waals surface area (Å²) >= 11 is 0. The molecule has 1 aromatic rings. The second-order valence-electron chi connectivity index (χ2n) is 4.67. The second kappa shape index (κ2) is 7.21. The monoisotopic (exact) mass is 264 g/mol. The molecule has 104 valence electrons. The Bertz CT molecular complexity index is 397. The fourth-order valence-corrected chi connectivity index (χ4v) is 2.22. The molecule has 0 bridgehead atoms. The maximum Gasteiger partial charge on any atom is 0.246 e. The molecule has 19 heavy (non-hydrogen) atoms. The van der Waals surface area contributed by atoms with Crippen LogP contribution in [0.5, 0.6) is 0 Å². The Balaban J connectivity index is 1.85. The molecule has 0 spiro atoms. The zero-order chi connectivity index (χ0) is 13.5. The van der Waals surface area contributed by atoms with E-state index in [9.17, 15) is 4.79 Å². The average molecular weight is 264 g/mol. The Morgan fingerprint density at radius 1 is 1.47 bits per heavy atom. The molecule has 0 unspecified atom stereocenters. The molecule has 1 fully saturated rings. The molecule has 2 heterocycles. The fraction of sp³-hybridized carbons (Fsp3) is 0.571. The first kappa shape index (κ1) is 14.0. The SMILES string of the molecule is CCOCC(=O)N[C@@H]1COC[C@H]1Cc1ccncc1. The molecule has 1 N–H and O–H groups in total. The number of pyridine rings is 1. The van der Waals surface area contributed by atoms with E-state index in [1.165, 1.54) is 5.56 Å². The molecule has 1 aliphatic rings. The summed E-state index contributed by atoms with van der Waals surface area (Å²) in [5, 5.41) is 2.98. The summed E-state index contributed by atoms with van der Waals surface area (Å²) < 4.78 is 10.6. The van der Waals surface area contributed by atoms with Gasteiger partial charge in [0.15, 0.2) is 0 Å². The minimum Gasteiger partial charge on any atom is -0.379 e. The van der Waals surface area contributed by atoms with Crippen LogP contribution in [0.4, 0.5) is 0 Å². The van der Waals surface area contributed by atoms with Crippen LogP contribution in [0.2, 0.25) is 0 Å². The quantitative estimate of drug-likeness (QED) is 0.825. The van der Waals surface area contributed by atoms with Crippen molar-refractivity contribution in [1.82, 2.24) is 10.3 Å². The van der Waals surface area contributed by atoms with Crippen LogP contribution in [-0.2, 0) is 20.7 Å². The third-order valence-corrected chi connectivity index (χ3v) is 3.23. The lowest BCUT2D eigenvalue weighted by atomic mass is 9.95. The van der Waals surface area contributed by atoms with Crippen molar-refractivity contribution in [3.63, 3.8) is 0 Å². The van der Waals surface area contributed by atoms with Crippen molar-refractivity contribution in [2.24, 2.45) is 5.92 Å². The molecule has 5 heteroatoms. The van der Waals surface area contributed by atoms with Crippen LogP contribution < -0.4 is 5.32 Å². The van der Waals surface area contributed by atoms with Gasteiger partial charge in [-0.05, 0) is 31.0 Å². The summed E-state index contributed by atoms with van der Waals surface area (Å²) in [4.78, 5) is 15.7. The summed E-state index contributed by atoms with van der Waals surface area (Å²) in [7, 11) is 0. The van der Waals surface area contributed by atoms with Gasteiger partial charge in [-0.15, -0.1) is 0 Å². The summed E-state index contributed by atoms with van der Waals surface area (Å²) in [6, 6.07) is 4.07. The standard InChI is InChI=1S/C14H20N2O3/c1-2-18-10-14(17)16-13-9-19-8-12(13)7-11-3-5-15-6-4-11/h3-6,12-13H,2,7-10H2,1H3,(H,16,17)/t12-,13-/m1/s1. The third-order valence-electron chi connectivity index (χ3n) is 3.23. The van der Waals surface area contributed by atoms with Gasteiger partial charge in [0.05, 0.1) is 19.3 Å². The normalized spacial score (nSPS) is 22.4. The highest BCUT2D eigenvalue weighted by molar-refractivity contribution is 5.77. The molecule has 0 aliphatic carbocycles. The third kappa shape index (κ3) is 4.29. The summed E-state index contributed by atoms with van der Waals surface area (Å²) in [6.07, 6.45) is 4.46. The molecular weight excluding hydrogens is 244 g/mol. The Kier molecular flexibility index (Phi) is 5.30. The number of carbonyl (C=O) groups excluding carboxylic acids is 1. The Morgan fingerprint density at radius 2 is 2.26 bits per heavy atom. The lowest BCUT2D eigenvalue weighted by molar-refractivity contribution is -0.126. The maximum atomic E-state index is 11.7. The van der Waals surface area contributed by atoms with Gasteiger partial charge < -0.3 is 14.8 Å². The van der Waals surface area contributed by atoms with Crippen LogP contribution in [0.1, 0.15) is 12.5 Å². The first-order valence-corrected chi connectivity index (χ1v) is 6.63. The second-order valence-corrected chi connectivity index (χ2v) is 4.67. The molecule has 0 radical (unpaired) electrons. The van der Waals surface area contributed by atoms with Crippen LogP contribution in [-0.4, -0.2) is 43.4 Å². The first-order chi connectivity index (χ1) is 9.29. The van der Waals surface area contributed by atoms with E-state index in [1.54, 1.807) is 12.4 Å². The van der Waals surface area contributed by atoms with Gasteiger partial charge in [0.2, 0.25) is 5.91 Å². The largest absolute Gasteiger partial charge is 0.379 e. The molecule has 0 aromatic carbocycles. The molecule has 1 aromatic heterocycles. The van der Waals surface area contributed by atoms with Gasteiger partial charge in [-0.1, -0.05) is 0 Å². The van der Waals surface area contributed by atoms with Crippen LogP contribution in [0.15, 0.2) is 24.5 Å². The van der Waals surface area contributed by atoms with Gasteiger partial charge in [-0.25, -0.2) is 0 Å². The number of carbonyl (C=O) groups is 1. The number of aromatic nitrogens is 1. The van der Waals surface area contributed by atoms with E-state index in [4.69, 9.17) is 9.47 Å². The minimum atomic E-state index is -0.0721. The first-order valence-electron chi connectivity index (χ1n) is 6.63. The molecule has 0 saturated carbocycles. The Labute approximate surface area is 113 Å². The van der Waals surface area contributed by atoms with Crippen LogP contribution in [0, 0.1) is 5.92 Å². The van der Waals surface area contributed by atoms with E-state index >= 15 is 0 Å². The van der Waals surface area contributed by atoms with Gasteiger partial charge in [0.1, 0.15) is 6.61 Å². The molecule has 2 rings (SSSR count). The molecule has 1 aliphatic heterocycles. The smallest absolute Gasteiger partial charge is 0.246 e. The highest BCUT2D eigenvalue weighted by Crippen LogP contribution is 2.18. The lowest BCUT2D eigenvalue weighted by Crippen LogP contribution is -2.42. The van der Waals surface area contributed by atoms with Gasteiger partial charge in [0.25, 0.3) is 0 Å². The summed E-state index contributed by atoms with van der Waals surface area (Å²) in [6.45, 7) is 3.80. The van der Waals surface area contributed by atoms with E-state index in [-0.39, 0.29) is 18.6 Å². The van der Waals surface area contributed by atoms with E-state index in [0.29, 0.717) is 25.7 Å². The van der Waals surface area contributed by atoms with E-state index in [1.807, 2.05) is 19.1 Å². The van der Waals surface area contributed by atoms with Crippen molar-refractivity contribution in [1.29, 1.82) is 0 Å². The van der Waals surface area contributed by atoms with E-state index < -0.39 is 0 Å². The fourth-order valence-electron chi connectivity index (χ4n) is 2.22. The summed E-state index contributed by atoms with van der Waals surface area (Å²) in [5.74, 6) is 0.241. The number of hydrogen-bond acceptors (Lipinski definition) is 4. The predicted octanol–water partition coefficient (Wildman–Crippen LogP) is 0.792. The molecular formula is C14H20N2O3. The molecule has 1 saturated heterocycles. The van der Waals surface area contributed by atoms with Crippen molar-refractivity contribution < 1.29 is 14.3 Å². The van der Waals surface area contributed by atoms with Gasteiger partial charge in [0, 0.05) is 24.9 Å². The Hall–Kier alpha value is -1.46. The van der Waals surface area contributed by atoms with Crippen molar-refractivity contribution in [3.05, 3.63) is 30.1 Å². The number of nitrogens with zero attached hydrogens (tertiary/aromatic N) is 1. The van der Waals surface area contributed by atoms with Crippen LogP contribution in [0.25, 0.3) is 0 Å². The number of amides is 1. The zero-order valence-electron chi connectivity index (χ0n) is 11.2. The number of rotatable bonds is 6. The molecule has 1 amide bonds. The van der Waals surface area contributed by atoms with Gasteiger partial charge in [-0.2, -0.15) is 0 Å². The topological polar surface area (TPSA) is 60.5 Å². The van der Waals surface area contributed by atoms with Crippen LogP contribution in [0.3, 0.4) is 0 Å². The van der Waals surface area contributed by atoms with Crippen molar-refractivity contribution in [3.8, 4) is 0 Å². The van der Waals surface area contributed by atoms with Crippen LogP contribution >= 0.6 is 0 Å². The predicted molar refractivity (Wildman–Crippen MR) is 70.7 cm³/mol. The van der Waals surface area contributed by atoms with Crippen molar-refractivity contribution >= 4 is 5.91 Å². The summed E-state index contributed by atoms with van der Waals surface area (Å²) in [5.41, 5.74) is 1.22. The number of hydrogen-bond donors (Lipinski definition) is 1.